The van der Waals surface area contributed by atoms with Gasteiger partial charge in [-0.25, -0.2) is 14.6 Å². The molecule has 6 heteroatoms. The molecule has 0 atom stereocenters. The highest BCUT2D eigenvalue weighted by molar-refractivity contribution is 6.28. The van der Waals surface area contributed by atoms with E-state index in [4.69, 9.17) is 5.11 Å². The lowest BCUT2D eigenvalue weighted by atomic mass is 10.7. The first-order chi connectivity index (χ1) is 5.20. The Balaban J connectivity index is 2.57. The highest BCUT2D eigenvalue weighted by atomic mass is 16.7. The third kappa shape index (κ3) is 1.78. The van der Waals surface area contributed by atoms with Gasteiger partial charge in [0, 0.05) is 6.20 Å². The summed E-state index contributed by atoms with van der Waals surface area (Å²) in [5.41, 5.74) is 0. The van der Waals surface area contributed by atoms with Crippen molar-refractivity contribution in [2.24, 2.45) is 0 Å². The van der Waals surface area contributed by atoms with E-state index in [-0.39, 0.29) is 0 Å². The zero-order chi connectivity index (χ0) is 8.27. The standard InChI is InChI=1S/C5H4N2O4/c8-4(9)5(10)11-7-2-1-6-3-7/h1-3H,(H,8,9). The van der Waals surface area contributed by atoms with Crippen LogP contribution in [0.5, 0.6) is 0 Å². The third-order valence-electron chi connectivity index (χ3n) is 0.843. The summed E-state index contributed by atoms with van der Waals surface area (Å²) in [5, 5.41) is 8.07. The van der Waals surface area contributed by atoms with Gasteiger partial charge in [-0.05, 0) is 0 Å². The number of carbonyl (C=O) groups is 2. The van der Waals surface area contributed by atoms with Crippen LogP contribution in [0.4, 0.5) is 0 Å². The molecule has 0 bridgehead atoms. The molecule has 0 aliphatic heterocycles. The molecule has 0 spiro atoms. The van der Waals surface area contributed by atoms with Gasteiger partial charge < -0.3 is 9.94 Å². The monoisotopic (exact) mass is 156 g/mol. The van der Waals surface area contributed by atoms with Crippen LogP contribution in [-0.4, -0.2) is 26.8 Å². The summed E-state index contributed by atoms with van der Waals surface area (Å²) in [5.74, 6) is -2.98. The smallest absolute Gasteiger partial charge is 0.441 e. The lowest BCUT2D eigenvalue weighted by Crippen LogP contribution is -2.25. The number of hydrogen-bond donors (Lipinski definition) is 1. The van der Waals surface area contributed by atoms with Gasteiger partial charge in [0.1, 0.15) is 6.33 Å². The lowest BCUT2D eigenvalue weighted by Gasteiger charge is -1.97. The molecular formula is C5H4N2O4. The Bertz CT molecular complexity index is 266. The van der Waals surface area contributed by atoms with Crippen molar-refractivity contribution >= 4 is 11.9 Å². The number of imidazole rings is 1. The highest BCUT2D eigenvalue weighted by Crippen LogP contribution is 1.80. The maximum Gasteiger partial charge on any atom is 0.441 e. The van der Waals surface area contributed by atoms with Gasteiger partial charge >= 0.3 is 11.9 Å². The first-order valence-corrected chi connectivity index (χ1v) is 2.63. The summed E-state index contributed by atoms with van der Waals surface area (Å²) < 4.78 is 0.899. The van der Waals surface area contributed by atoms with E-state index in [9.17, 15) is 9.59 Å². The molecule has 0 fully saturated rings. The van der Waals surface area contributed by atoms with E-state index in [0.29, 0.717) is 0 Å². The van der Waals surface area contributed by atoms with E-state index in [0.717, 1.165) is 4.73 Å². The average molecular weight is 156 g/mol. The number of hydrogen-bond acceptors (Lipinski definition) is 4. The zero-order valence-corrected chi connectivity index (χ0v) is 5.30. The van der Waals surface area contributed by atoms with Crippen LogP contribution >= 0.6 is 0 Å². The van der Waals surface area contributed by atoms with Crippen molar-refractivity contribution in [3.8, 4) is 0 Å². The van der Waals surface area contributed by atoms with Crippen molar-refractivity contribution < 1.29 is 19.5 Å². The minimum atomic E-state index is -1.64. The molecule has 1 aromatic rings. The van der Waals surface area contributed by atoms with Crippen LogP contribution in [0.1, 0.15) is 0 Å². The number of aliphatic carboxylic acids is 1. The molecule has 0 aliphatic carbocycles. The van der Waals surface area contributed by atoms with Gasteiger partial charge in [-0.3, -0.25) is 0 Å². The Labute approximate surface area is 61.0 Å². The molecule has 0 aliphatic rings. The maximum atomic E-state index is 10.3. The van der Waals surface area contributed by atoms with Crippen molar-refractivity contribution in [3.05, 3.63) is 18.7 Å². The van der Waals surface area contributed by atoms with Gasteiger partial charge in [-0.2, -0.15) is 4.73 Å². The van der Waals surface area contributed by atoms with Crippen LogP contribution in [0, 0.1) is 0 Å². The molecular weight excluding hydrogens is 152 g/mol. The molecule has 0 saturated heterocycles. The van der Waals surface area contributed by atoms with Crippen LogP contribution in [0.15, 0.2) is 18.7 Å². The topological polar surface area (TPSA) is 81.4 Å². The molecule has 11 heavy (non-hydrogen) atoms. The molecule has 1 heterocycles. The van der Waals surface area contributed by atoms with Crippen molar-refractivity contribution in [1.29, 1.82) is 0 Å². The second-order valence-electron chi connectivity index (χ2n) is 1.61. The van der Waals surface area contributed by atoms with Gasteiger partial charge in [0.2, 0.25) is 0 Å². The van der Waals surface area contributed by atoms with Crippen LogP contribution in [0.25, 0.3) is 0 Å². The Morgan fingerprint density at radius 1 is 1.55 bits per heavy atom. The fraction of sp³-hybridized carbons (Fsp3) is 0. The zero-order valence-electron chi connectivity index (χ0n) is 5.30. The van der Waals surface area contributed by atoms with Crippen LogP contribution in [0.3, 0.4) is 0 Å². The first-order valence-electron chi connectivity index (χ1n) is 2.63. The fourth-order valence-corrected chi connectivity index (χ4v) is 0.436. The van der Waals surface area contributed by atoms with Gasteiger partial charge in [-0.1, -0.05) is 0 Å². The predicted molar refractivity (Wildman–Crippen MR) is 31.4 cm³/mol. The maximum absolute atomic E-state index is 10.3. The Morgan fingerprint density at radius 2 is 2.27 bits per heavy atom. The molecule has 0 saturated carbocycles. The summed E-state index contributed by atoms with van der Waals surface area (Å²) in [7, 11) is 0. The summed E-state index contributed by atoms with van der Waals surface area (Å²) >= 11 is 0. The fourth-order valence-electron chi connectivity index (χ4n) is 0.436. The number of carboxylic acids is 1. The number of aromatic nitrogens is 2. The summed E-state index contributed by atoms with van der Waals surface area (Å²) in [6.07, 6.45) is 3.83. The quantitative estimate of drug-likeness (QED) is 0.523. The largest absolute Gasteiger partial charge is 0.473 e. The number of nitrogens with zero attached hydrogens (tertiary/aromatic N) is 2. The molecule has 1 N–H and O–H groups in total. The van der Waals surface area contributed by atoms with Crippen LogP contribution in [-0.2, 0) is 9.59 Å². The number of carboxylic acid groups (broad SMARTS) is 1. The number of carbonyl (C=O) groups excluding carboxylic acids is 1. The normalized spacial score (nSPS) is 9.09. The molecule has 0 radical (unpaired) electrons. The van der Waals surface area contributed by atoms with E-state index in [1.807, 2.05) is 0 Å². The van der Waals surface area contributed by atoms with Gasteiger partial charge in [0.15, 0.2) is 0 Å². The van der Waals surface area contributed by atoms with E-state index in [1.165, 1.54) is 18.7 Å². The van der Waals surface area contributed by atoms with Crippen molar-refractivity contribution in [3.63, 3.8) is 0 Å². The lowest BCUT2D eigenvalue weighted by molar-refractivity contribution is -0.164. The molecule has 1 rings (SSSR count). The molecule has 6 nitrogen and oxygen atoms in total. The summed E-state index contributed by atoms with van der Waals surface area (Å²) in [4.78, 5) is 28.0. The molecule has 0 aromatic carbocycles. The Kier molecular flexibility index (Phi) is 1.86. The second-order valence-corrected chi connectivity index (χ2v) is 1.61. The first kappa shape index (κ1) is 7.26. The summed E-state index contributed by atoms with van der Waals surface area (Å²) in [6, 6.07) is 0. The number of rotatable bonds is 1. The van der Waals surface area contributed by atoms with E-state index in [2.05, 4.69) is 9.82 Å². The average Bonchev–Trinajstić information content (AvgIpc) is 2.39. The van der Waals surface area contributed by atoms with Crippen molar-refractivity contribution in [1.82, 2.24) is 9.71 Å². The Morgan fingerprint density at radius 3 is 2.73 bits per heavy atom. The summed E-state index contributed by atoms with van der Waals surface area (Å²) in [6.45, 7) is 0. The SMILES string of the molecule is O=C(O)C(=O)On1ccnc1. The second kappa shape index (κ2) is 2.82. The van der Waals surface area contributed by atoms with Crippen molar-refractivity contribution in [2.75, 3.05) is 0 Å². The molecule has 58 valence electrons. The van der Waals surface area contributed by atoms with E-state index in [1.54, 1.807) is 0 Å². The third-order valence-corrected chi connectivity index (χ3v) is 0.843. The Hall–Kier alpha value is -1.85. The van der Waals surface area contributed by atoms with Crippen LogP contribution in [0.2, 0.25) is 0 Å². The molecule has 0 amide bonds. The van der Waals surface area contributed by atoms with Gasteiger partial charge in [-0.15, -0.1) is 0 Å². The molecule has 1 aromatic heterocycles. The molecule has 0 unspecified atom stereocenters. The van der Waals surface area contributed by atoms with Crippen molar-refractivity contribution in [2.45, 2.75) is 0 Å². The van der Waals surface area contributed by atoms with E-state index < -0.39 is 11.9 Å². The van der Waals surface area contributed by atoms with Gasteiger partial charge in [0.25, 0.3) is 0 Å². The van der Waals surface area contributed by atoms with Gasteiger partial charge in [0.05, 0.1) is 6.20 Å². The van der Waals surface area contributed by atoms with Crippen LogP contribution < -0.4 is 4.84 Å². The highest BCUT2D eigenvalue weighted by Gasteiger charge is 2.13. The minimum absolute atomic E-state index is 0.899. The minimum Gasteiger partial charge on any atom is -0.473 e. The van der Waals surface area contributed by atoms with E-state index >= 15 is 0 Å². The predicted octanol–water partition coefficient (Wildman–Crippen LogP) is -1.08.